The molecule has 0 unspecified atom stereocenters. The number of aromatic nitrogens is 2. The van der Waals surface area contributed by atoms with Gasteiger partial charge >= 0.3 is 0 Å². The van der Waals surface area contributed by atoms with Crippen LogP contribution in [0.25, 0.3) is 22.6 Å². The molecule has 2 heterocycles. The summed E-state index contributed by atoms with van der Waals surface area (Å²) in [7, 11) is 0. The fourth-order valence-electron chi connectivity index (χ4n) is 2.31. The minimum absolute atomic E-state index is 0.282. The van der Waals surface area contributed by atoms with E-state index < -0.39 is 0 Å². The molecule has 0 aliphatic heterocycles. The van der Waals surface area contributed by atoms with Crippen molar-refractivity contribution in [3.05, 3.63) is 78.7 Å². The molecule has 2 aromatic carbocycles. The van der Waals surface area contributed by atoms with Crippen molar-refractivity contribution in [3.8, 4) is 22.6 Å². The van der Waals surface area contributed by atoms with Crippen molar-refractivity contribution in [3.63, 3.8) is 0 Å². The van der Waals surface area contributed by atoms with Gasteiger partial charge in [0.2, 0.25) is 5.89 Å². The van der Waals surface area contributed by atoms with Crippen LogP contribution in [0.5, 0.6) is 0 Å². The van der Waals surface area contributed by atoms with E-state index in [1.165, 1.54) is 23.9 Å². The molecule has 25 heavy (non-hydrogen) atoms. The smallest absolute Gasteiger partial charge is 0.256 e. The molecule has 6 heteroatoms. The second-order valence-corrected chi connectivity index (χ2v) is 6.20. The van der Waals surface area contributed by atoms with E-state index in [0.717, 1.165) is 16.9 Å². The maximum absolute atomic E-state index is 13.0. The lowest BCUT2D eigenvalue weighted by Gasteiger charge is -1.96. The van der Waals surface area contributed by atoms with Crippen LogP contribution in [0.1, 0.15) is 5.89 Å². The molecule has 124 valence electrons. The molecule has 0 amide bonds. The summed E-state index contributed by atoms with van der Waals surface area (Å²) < 4.78 is 24.4. The molecular weight excluding hydrogens is 339 g/mol. The standard InChI is InChI=1S/C19H13FN2O2S/c20-15-8-6-14(7-9-15)17-11-22-19(24-17)25-12-18-21-10-16(23-18)13-4-2-1-3-5-13/h1-11H,12H2. The lowest BCUT2D eigenvalue weighted by atomic mass is 10.2. The van der Waals surface area contributed by atoms with Gasteiger partial charge in [0.25, 0.3) is 5.22 Å². The summed E-state index contributed by atoms with van der Waals surface area (Å²) in [5, 5.41) is 0.513. The second kappa shape index (κ2) is 6.94. The first-order valence-electron chi connectivity index (χ1n) is 7.62. The topological polar surface area (TPSA) is 52.1 Å². The highest BCUT2D eigenvalue weighted by Crippen LogP contribution is 2.28. The fourth-order valence-corrected chi connectivity index (χ4v) is 2.97. The molecule has 0 atom stereocenters. The molecule has 0 aliphatic carbocycles. The van der Waals surface area contributed by atoms with Gasteiger partial charge in [0, 0.05) is 11.1 Å². The van der Waals surface area contributed by atoms with E-state index in [-0.39, 0.29) is 5.82 Å². The van der Waals surface area contributed by atoms with E-state index in [4.69, 9.17) is 8.83 Å². The SMILES string of the molecule is Fc1ccc(-c2cnc(SCc3ncc(-c4ccccc4)o3)o2)cc1. The summed E-state index contributed by atoms with van der Waals surface area (Å²) in [6, 6.07) is 15.9. The molecular formula is C19H13FN2O2S. The highest BCUT2D eigenvalue weighted by Gasteiger charge is 2.11. The summed E-state index contributed by atoms with van der Waals surface area (Å²) in [4.78, 5) is 8.51. The van der Waals surface area contributed by atoms with Gasteiger partial charge in [-0.1, -0.05) is 42.1 Å². The molecule has 2 aromatic heterocycles. The molecule has 4 rings (SSSR count). The molecule has 0 saturated carbocycles. The Bertz CT molecular complexity index is 965. The summed E-state index contributed by atoms with van der Waals surface area (Å²) in [6.45, 7) is 0. The normalized spacial score (nSPS) is 10.9. The van der Waals surface area contributed by atoms with Crippen LogP contribution in [0.3, 0.4) is 0 Å². The van der Waals surface area contributed by atoms with Crippen molar-refractivity contribution in [1.29, 1.82) is 0 Å². The minimum atomic E-state index is -0.282. The number of benzene rings is 2. The van der Waals surface area contributed by atoms with E-state index in [2.05, 4.69) is 9.97 Å². The van der Waals surface area contributed by atoms with Gasteiger partial charge in [0.15, 0.2) is 11.5 Å². The predicted octanol–water partition coefficient (Wildman–Crippen LogP) is 5.43. The number of hydrogen-bond acceptors (Lipinski definition) is 5. The number of halogens is 1. The second-order valence-electron chi connectivity index (χ2n) is 5.27. The number of thioether (sulfide) groups is 1. The van der Waals surface area contributed by atoms with Crippen molar-refractivity contribution in [2.75, 3.05) is 0 Å². The van der Waals surface area contributed by atoms with E-state index in [0.29, 0.717) is 22.6 Å². The van der Waals surface area contributed by atoms with Gasteiger partial charge in [-0.15, -0.1) is 0 Å². The van der Waals surface area contributed by atoms with E-state index in [1.807, 2.05) is 30.3 Å². The van der Waals surface area contributed by atoms with Gasteiger partial charge in [-0.05, 0) is 24.3 Å². The van der Waals surface area contributed by atoms with Gasteiger partial charge in [-0.2, -0.15) is 0 Å². The van der Waals surface area contributed by atoms with Crippen LogP contribution >= 0.6 is 11.8 Å². The molecule has 0 bridgehead atoms. The van der Waals surface area contributed by atoms with Crippen LogP contribution in [0.15, 0.2) is 81.0 Å². The maximum atomic E-state index is 13.0. The quantitative estimate of drug-likeness (QED) is 0.448. The first-order chi connectivity index (χ1) is 12.3. The summed E-state index contributed by atoms with van der Waals surface area (Å²) in [5.74, 6) is 2.16. The number of rotatable bonds is 5. The number of oxazole rings is 2. The third-order valence-corrected chi connectivity index (χ3v) is 4.37. The summed E-state index contributed by atoms with van der Waals surface area (Å²) >= 11 is 1.39. The van der Waals surface area contributed by atoms with E-state index >= 15 is 0 Å². The average molecular weight is 352 g/mol. The molecule has 0 spiro atoms. The monoisotopic (exact) mass is 352 g/mol. The first-order valence-corrected chi connectivity index (χ1v) is 8.61. The van der Waals surface area contributed by atoms with Crippen LogP contribution < -0.4 is 0 Å². The molecule has 0 radical (unpaired) electrons. The lowest BCUT2D eigenvalue weighted by Crippen LogP contribution is -1.79. The van der Waals surface area contributed by atoms with Gasteiger partial charge < -0.3 is 8.83 Å². The van der Waals surface area contributed by atoms with Crippen molar-refractivity contribution < 1.29 is 13.2 Å². The zero-order valence-electron chi connectivity index (χ0n) is 13.1. The number of nitrogens with zero attached hydrogens (tertiary/aromatic N) is 2. The maximum Gasteiger partial charge on any atom is 0.256 e. The minimum Gasteiger partial charge on any atom is -0.440 e. The third kappa shape index (κ3) is 3.64. The van der Waals surface area contributed by atoms with Crippen molar-refractivity contribution >= 4 is 11.8 Å². The van der Waals surface area contributed by atoms with Crippen LogP contribution in [-0.4, -0.2) is 9.97 Å². The molecule has 4 aromatic rings. The highest BCUT2D eigenvalue weighted by molar-refractivity contribution is 7.98. The van der Waals surface area contributed by atoms with E-state index in [1.54, 1.807) is 24.5 Å². The van der Waals surface area contributed by atoms with Crippen molar-refractivity contribution in [2.45, 2.75) is 11.0 Å². The van der Waals surface area contributed by atoms with Crippen LogP contribution in [0, 0.1) is 5.82 Å². The Hall–Kier alpha value is -2.86. The van der Waals surface area contributed by atoms with Crippen molar-refractivity contribution in [1.82, 2.24) is 9.97 Å². The fraction of sp³-hybridized carbons (Fsp3) is 0.0526. The van der Waals surface area contributed by atoms with Crippen LogP contribution in [0.4, 0.5) is 4.39 Å². The third-order valence-electron chi connectivity index (χ3n) is 3.54. The summed E-state index contributed by atoms with van der Waals surface area (Å²) in [5.41, 5.74) is 1.77. The molecule has 0 N–H and O–H groups in total. The van der Waals surface area contributed by atoms with E-state index in [9.17, 15) is 4.39 Å². The molecule has 4 nitrogen and oxygen atoms in total. The molecule has 0 saturated heterocycles. The van der Waals surface area contributed by atoms with Gasteiger partial charge in [-0.3, -0.25) is 0 Å². The zero-order chi connectivity index (χ0) is 17.1. The Balaban J connectivity index is 1.42. The molecule has 0 fully saturated rings. The van der Waals surface area contributed by atoms with Gasteiger partial charge in [0.05, 0.1) is 18.1 Å². The average Bonchev–Trinajstić information content (AvgIpc) is 3.31. The largest absolute Gasteiger partial charge is 0.440 e. The van der Waals surface area contributed by atoms with Crippen LogP contribution in [0.2, 0.25) is 0 Å². The summed E-state index contributed by atoms with van der Waals surface area (Å²) in [6.07, 6.45) is 3.34. The Morgan fingerprint density at radius 2 is 1.48 bits per heavy atom. The van der Waals surface area contributed by atoms with Gasteiger partial charge in [-0.25, -0.2) is 14.4 Å². The van der Waals surface area contributed by atoms with Crippen molar-refractivity contribution in [2.24, 2.45) is 0 Å². The number of hydrogen-bond donors (Lipinski definition) is 0. The first kappa shape index (κ1) is 15.7. The van der Waals surface area contributed by atoms with Crippen LogP contribution in [-0.2, 0) is 5.75 Å². The Labute approximate surface area is 147 Å². The predicted molar refractivity (Wildman–Crippen MR) is 93.4 cm³/mol. The Morgan fingerprint density at radius 1 is 0.800 bits per heavy atom. The van der Waals surface area contributed by atoms with Gasteiger partial charge in [0.1, 0.15) is 5.82 Å². The zero-order valence-corrected chi connectivity index (χ0v) is 13.9. The molecule has 0 aliphatic rings. The lowest BCUT2D eigenvalue weighted by molar-refractivity contribution is 0.464. The highest BCUT2D eigenvalue weighted by atomic mass is 32.2. The Kier molecular flexibility index (Phi) is 4.35. The Morgan fingerprint density at radius 3 is 2.28 bits per heavy atom.